The fourth-order valence-corrected chi connectivity index (χ4v) is 1.79. The van der Waals surface area contributed by atoms with Gasteiger partial charge in [0.15, 0.2) is 5.78 Å². The van der Waals surface area contributed by atoms with Gasteiger partial charge in [-0.05, 0) is 18.2 Å². The standard InChI is InChI=1S/C12H14FNO3/c1-16-11-3-2-8(13)6-9(11)12(15)10-7-17-5-4-14-10/h2-3,6,10,14H,4-5,7H2,1H3. The molecule has 2 rings (SSSR count). The summed E-state index contributed by atoms with van der Waals surface area (Å²) in [4.78, 5) is 12.1. The molecule has 1 aromatic rings. The number of ether oxygens (including phenoxy) is 2. The average molecular weight is 239 g/mol. The van der Waals surface area contributed by atoms with Crippen LogP contribution in [-0.4, -0.2) is 38.7 Å². The lowest BCUT2D eigenvalue weighted by Crippen LogP contribution is -2.46. The highest BCUT2D eigenvalue weighted by molar-refractivity contribution is 6.02. The number of morpholine rings is 1. The lowest BCUT2D eigenvalue weighted by Gasteiger charge is -2.23. The minimum Gasteiger partial charge on any atom is -0.496 e. The van der Waals surface area contributed by atoms with Crippen LogP contribution in [0.4, 0.5) is 4.39 Å². The van der Waals surface area contributed by atoms with Crippen molar-refractivity contribution in [3.63, 3.8) is 0 Å². The Bertz CT molecular complexity index is 416. The van der Waals surface area contributed by atoms with Crippen molar-refractivity contribution in [1.82, 2.24) is 5.32 Å². The number of methoxy groups -OCH3 is 1. The Labute approximate surface area is 98.7 Å². The molecule has 4 nitrogen and oxygen atoms in total. The van der Waals surface area contributed by atoms with Crippen LogP contribution in [0.1, 0.15) is 10.4 Å². The number of halogens is 1. The number of Topliss-reactive ketones (excluding diaryl/α,β-unsaturated/α-hetero) is 1. The van der Waals surface area contributed by atoms with Crippen LogP contribution in [0.15, 0.2) is 18.2 Å². The summed E-state index contributed by atoms with van der Waals surface area (Å²) in [7, 11) is 1.45. The fraction of sp³-hybridized carbons (Fsp3) is 0.417. The van der Waals surface area contributed by atoms with E-state index in [0.717, 1.165) is 0 Å². The van der Waals surface area contributed by atoms with E-state index >= 15 is 0 Å². The molecule has 1 unspecified atom stereocenters. The zero-order valence-corrected chi connectivity index (χ0v) is 9.53. The molecule has 0 amide bonds. The van der Waals surface area contributed by atoms with Gasteiger partial charge in [0.25, 0.3) is 0 Å². The second kappa shape index (κ2) is 5.25. The molecule has 1 saturated heterocycles. The van der Waals surface area contributed by atoms with Crippen molar-refractivity contribution in [1.29, 1.82) is 0 Å². The molecule has 17 heavy (non-hydrogen) atoms. The second-order valence-corrected chi connectivity index (χ2v) is 3.79. The van der Waals surface area contributed by atoms with E-state index in [4.69, 9.17) is 9.47 Å². The summed E-state index contributed by atoms with van der Waals surface area (Å²) in [6, 6.07) is 3.48. The zero-order chi connectivity index (χ0) is 12.3. The van der Waals surface area contributed by atoms with Crippen LogP contribution < -0.4 is 10.1 Å². The third-order valence-corrected chi connectivity index (χ3v) is 2.67. The van der Waals surface area contributed by atoms with Crippen LogP contribution in [0.5, 0.6) is 5.75 Å². The molecule has 1 aliphatic rings. The van der Waals surface area contributed by atoms with E-state index in [1.165, 1.54) is 25.3 Å². The van der Waals surface area contributed by atoms with Crippen LogP contribution in [0.3, 0.4) is 0 Å². The molecule has 1 aromatic carbocycles. The molecule has 1 fully saturated rings. The van der Waals surface area contributed by atoms with E-state index in [9.17, 15) is 9.18 Å². The van der Waals surface area contributed by atoms with Crippen molar-refractivity contribution in [3.05, 3.63) is 29.6 Å². The predicted octanol–water partition coefficient (Wildman–Crippen LogP) is 1.01. The first kappa shape index (κ1) is 12.0. The maximum Gasteiger partial charge on any atom is 0.185 e. The lowest BCUT2D eigenvalue weighted by molar-refractivity contribution is 0.0605. The molecular weight excluding hydrogens is 225 g/mol. The van der Waals surface area contributed by atoms with E-state index in [2.05, 4.69) is 5.32 Å². The van der Waals surface area contributed by atoms with Gasteiger partial charge in [0.1, 0.15) is 11.6 Å². The van der Waals surface area contributed by atoms with Crippen LogP contribution in [0, 0.1) is 5.82 Å². The Morgan fingerprint density at radius 3 is 3.06 bits per heavy atom. The van der Waals surface area contributed by atoms with E-state index in [0.29, 0.717) is 25.5 Å². The average Bonchev–Trinajstić information content (AvgIpc) is 2.39. The molecular formula is C12H14FNO3. The molecule has 0 saturated carbocycles. The molecule has 0 bridgehead atoms. The van der Waals surface area contributed by atoms with Crippen molar-refractivity contribution in [3.8, 4) is 5.75 Å². The van der Waals surface area contributed by atoms with Gasteiger partial charge in [-0.3, -0.25) is 4.79 Å². The number of nitrogens with one attached hydrogen (secondary N) is 1. The summed E-state index contributed by atoms with van der Waals surface area (Å²) in [6.07, 6.45) is 0. The molecule has 1 N–H and O–H groups in total. The summed E-state index contributed by atoms with van der Waals surface area (Å²) in [5.74, 6) is -0.282. The van der Waals surface area contributed by atoms with Gasteiger partial charge in [-0.2, -0.15) is 0 Å². The van der Waals surface area contributed by atoms with E-state index < -0.39 is 11.9 Å². The third-order valence-electron chi connectivity index (χ3n) is 2.67. The highest BCUT2D eigenvalue weighted by Crippen LogP contribution is 2.21. The molecule has 0 spiro atoms. The number of hydrogen-bond donors (Lipinski definition) is 1. The van der Waals surface area contributed by atoms with Crippen LogP contribution >= 0.6 is 0 Å². The maximum atomic E-state index is 13.2. The van der Waals surface area contributed by atoms with Gasteiger partial charge < -0.3 is 14.8 Å². The van der Waals surface area contributed by atoms with Gasteiger partial charge in [0, 0.05) is 6.54 Å². The molecule has 92 valence electrons. The van der Waals surface area contributed by atoms with Crippen molar-refractivity contribution in [2.75, 3.05) is 26.9 Å². The van der Waals surface area contributed by atoms with Gasteiger partial charge in [-0.25, -0.2) is 4.39 Å². The summed E-state index contributed by atoms with van der Waals surface area (Å²) < 4.78 is 23.4. The number of benzene rings is 1. The second-order valence-electron chi connectivity index (χ2n) is 3.79. The van der Waals surface area contributed by atoms with Gasteiger partial charge in [0.2, 0.25) is 0 Å². The summed E-state index contributed by atoms with van der Waals surface area (Å²) >= 11 is 0. The summed E-state index contributed by atoms with van der Waals surface area (Å²) in [6.45, 7) is 1.51. The Morgan fingerprint density at radius 2 is 2.41 bits per heavy atom. The van der Waals surface area contributed by atoms with Gasteiger partial charge >= 0.3 is 0 Å². The molecule has 1 atom stereocenters. The van der Waals surface area contributed by atoms with Gasteiger partial charge in [-0.1, -0.05) is 0 Å². The summed E-state index contributed by atoms with van der Waals surface area (Å²) in [5.41, 5.74) is 0.246. The molecule has 1 aliphatic heterocycles. The zero-order valence-electron chi connectivity index (χ0n) is 9.53. The summed E-state index contributed by atoms with van der Waals surface area (Å²) in [5, 5.41) is 3.04. The molecule has 0 aromatic heterocycles. The number of carbonyl (C=O) groups is 1. The molecule has 1 heterocycles. The highest BCUT2D eigenvalue weighted by Gasteiger charge is 2.25. The first-order chi connectivity index (χ1) is 8.22. The molecule has 0 aliphatic carbocycles. The lowest BCUT2D eigenvalue weighted by atomic mass is 10.0. The maximum absolute atomic E-state index is 13.2. The smallest absolute Gasteiger partial charge is 0.185 e. The molecule has 5 heteroatoms. The van der Waals surface area contributed by atoms with Crippen LogP contribution in [-0.2, 0) is 4.74 Å². The Morgan fingerprint density at radius 1 is 1.59 bits per heavy atom. The van der Waals surface area contributed by atoms with Crippen molar-refractivity contribution >= 4 is 5.78 Å². The number of ketones is 1. The normalized spacial score (nSPS) is 20.0. The first-order valence-electron chi connectivity index (χ1n) is 5.41. The molecule has 0 radical (unpaired) electrons. The number of rotatable bonds is 3. The Hall–Kier alpha value is -1.46. The monoisotopic (exact) mass is 239 g/mol. The predicted molar refractivity (Wildman–Crippen MR) is 59.9 cm³/mol. The van der Waals surface area contributed by atoms with Gasteiger partial charge in [0.05, 0.1) is 31.9 Å². The highest BCUT2D eigenvalue weighted by atomic mass is 19.1. The van der Waals surface area contributed by atoms with Crippen molar-refractivity contribution < 1.29 is 18.7 Å². The Kier molecular flexibility index (Phi) is 3.71. The van der Waals surface area contributed by atoms with Gasteiger partial charge in [-0.15, -0.1) is 0 Å². The minimum atomic E-state index is -0.453. The number of carbonyl (C=O) groups excluding carboxylic acids is 1. The SMILES string of the molecule is COc1ccc(F)cc1C(=O)C1COCCN1. The van der Waals surface area contributed by atoms with Crippen molar-refractivity contribution in [2.45, 2.75) is 6.04 Å². The third kappa shape index (κ3) is 2.62. The Balaban J connectivity index is 2.25. The van der Waals surface area contributed by atoms with Crippen LogP contribution in [0.25, 0.3) is 0 Å². The number of hydrogen-bond acceptors (Lipinski definition) is 4. The van der Waals surface area contributed by atoms with Crippen LogP contribution in [0.2, 0.25) is 0 Å². The first-order valence-corrected chi connectivity index (χ1v) is 5.41. The van der Waals surface area contributed by atoms with Crippen molar-refractivity contribution in [2.24, 2.45) is 0 Å². The minimum absolute atomic E-state index is 0.207. The fourth-order valence-electron chi connectivity index (χ4n) is 1.79. The van der Waals surface area contributed by atoms with E-state index in [-0.39, 0.29) is 11.3 Å². The quantitative estimate of drug-likeness (QED) is 0.800. The topological polar surface area (TPSA) is 47.6 Å². The van der Waals surface area contributed by atoms with E-state index in [1.54, 1.807) is 0 Å². The van der Waals surface area contributed by atoms with E-state index in [1.807, 2.05) is 0 Å². The largest absolute Gasteiger partial charge is 0.496 e.